The maximum atomic E-state index is 14.2. The third kappa shape index (κ3) is 9.61. The van der Waals surface area contributed by atoms with E-state index in [0.717, 1.165) is 27.1 Å². The van der Waals surface area contributed by atoms with Crippen LogP contribution in [0.1, 0.15) is 82.8 Å². The molecular weight excluding hydrogens is 763 g/mol. The van der Waals surface area contributed by atoms with Crippen LogP contribution >= 0.6 is 0 Å². The Labute approximate surface area is 348 Å². The van der Waals surface area contributed by atoms with E-state index in [1.807, 2.05) is 72.8 Å². The van der Waals surface area contributed by atoms with Crippen molar-refractivity contribution in [2.75, 3.05) is 19.8 Å². The molecule has 4 N–H and O–H groups in total. The van der Waals surface area contributed by atoms with Crippen molar-refractivity contribution >= 4 is 48.1 Å². The highest BCUT2D eigenvalue weighted by Gasteiger charge is 2.56. The van der Waals surface area contributed by atoms with Gasteiger partial charge in [0.2, 0.25) is 11.8 Å². The van der Waals surface area contributed by atoms with Crippen molar-refractivity contribution in [3.63, 3.8) is 0 Å². The number of nitrogens with zero attached hydrogens (tertiary/aromatic N) is 1. The summed E-state index contributed by atoms with van der Waals surface area (Å²) in [6.45, 7) is 6.14. The maximum absolute atomic E-state index is 14.2. The first-order valence-corrected chi connectivity index (χ1v) is 22.6. The molecule has 1 fully saturated rings. The number of carbonyl (C=O) groups is 3. The number of allylic oxidation sites excluding steroid dienone is 1. The number of hydrogen-bond donors (Lipinski definition) is 4. The second-order valence-electron chi connectivity index (χ2n) is 16.7. The molecule has 0 saturated carbocycles. The van der Waals surface area contributed by atoms with Crippen molar-refractivity contribution in [1.82, 2.24) is 4.90 Å². The molecule has 2 aliphatic rings. The molecule has 1 aliphatic carbocycles. The van der Waals surface area contributed by atoms with Gasteiger partial charge in [-0.2, -0.15) is 0 Å². The summed E-state index contributed by atoms with van der Waals surface area (Å²) in [7, 11) is -3.09. The highest BCUT2D eigenvalue weighted by Crippen LogP contribution is 2.47. The number of aliphatic hydroxyl groups excluding tert-OH is 3. The lowest BCUT2D eigenvalue weighted by atomic mass is 9.68. The summed E-state index contributed by atoms with van der Waals surface area (Å²) in [5.74, 6) is -2.96. The van der Waals surface area contributed by atoms with E-state index in [2.05, 4.69) is 45.0 Å². The lowest BCUT2D eigenvalue weighted by Crippen LogP contribution is -2.66. The molecule has 1 aliphatic heterocycles. The highest BCUT2D eigenvalue weighted by atomic mass is 28.4. The Morgan fingerprint density at radius 3 is 2.05 bits per heavy atom. The third-order valence-electron chi connectivity index (χ3n) is 12.0. The van der Waals surface area contributed by atoms with E-state index in [0.29, 0.717) is 42.8 Å². The number of furan rings is 1. The molecule has 3 aromatic carbocycles. The van der Waals surface area contributed by atoms with Crippen LogP contribution in [0.3, 0.4) is 0 Å². The lowest BCUT2D eigenvalue weighted by Gasteiger charge is -2.44. The smallest absolute Gasteiger partial charge is 0.303 e. The van der Waals surface area contributed by atoms with Gasteiger partial charge in [-0.3, -0.25) is 19.3 Å². The van der Waals surface area contributed by atoms with Crippen molar-refractivity contribution in [3.05, 3.63) is 131 Å². The molecule has 6 rings (SSSR count). The molecule has 1 aromatic heterocycles. The largest absolute Gasteiger partial charge is 0.481 e. The number of amides is 2. The predicted molar refractivity (Wildman–Crippen MR) is 230 cm³/mol. The van der Waals surface area contributed by atoms with Gasteiger partial charge < -0.3 is 29.3 Å². The molecule has 0 unspecified atom stereocenters. The fourth-order valence-corrected chi connectivity index (χ4v) is 13.7. The van der Waals surface area contributed by atoms with Gasteiger partial charge in [0.15, 0.2) is 0 Å². The first-order valence-electron chi connectivity index (χ1n) is 20.7. The second kappa shape index (κ2) is 19.4. The summed E-state index contributed by atoms with van der Waals surface area (Å²) in [5, 5.41) is 44.1. The number of benzene rings is 3. The van der Waals surface area contributed by atoms with E-state index >= 15 is 0 Å². The predicted octanol–water partition coefficient (Wildman–Crippen LogP) is 6.59. The number of hydrogen-bond acceptors (Lipinski definition) is 8. The number of aliphatic carboxylic acids is 1. The lowest BCUT2D eigenvalue weighted by molar-refractivity contribution is -0.141. The van der Waals surface area contributed by atoms with E-state index in [9.17, 15) is 29.7 Å². The number of carboxylic acid groups (broad SMARTS) is 1. The highest BCUT2D eigenvalue weighted by molar-refractivity contribution is 6.99. The Kier molecular flexibility index (Phi) is 14.4. The Bertz CT molecular complexity index is 2070. The molecule has 11 heteroatoms. The number of likely N-dealkylation sites (tertiary alicyclic amines) is 1. The van der Waals surface area contributed by atoms with Gasteiger partial charge in [-0.05, 0) is 88.0 Å². The minimum atomic E-state index is -3.09. The van der Waals surface area contributed by atoms with E-state index in [4.69, 9.17) is 13.9 Å². The van der Waals surface area contributed by atoms with E-state index in [-0.39, 0.29) is 55.9 Å². The van der Waals surface area contributed by atoms with E-state index in [1.54, 1.807) is 12.1 Å². The summed E-state index contributed by atoms with van der Waals surface area (Å²) in [4.78, 5) is 40.7. The van der Waals surface area contributed by atoms with Crippen LogP contribution < -0.4 is 10.4 Å². The van der Waals surface area contributed by atoms with Crippen LogP contribution in [0, 0.1) is 17.8 Å². The Morgan fingerprint density at radius 1 is 0.864 bits per heavy atom. The van der Waals surface area contributed by atoms with Crippen LogP contribution in [-0.2, 0) is 25.4 Å². The quantitative estimate of drug-likeness (QED) is 0.0355. The molecule has 10 nitrogen and oxygen atoms in total. The molecule has 312 valence electrons. The van der Waals surface area contributed by atoms with E-state index in [1.165, 1.54) is 4.90 Å². The average molecular weight is 820 g/mol. The molecule has 2 heterocycles. The van der Waals surface area contributed by atoms with Crippen LogP contribution in [0.2, 0.25) is 5.04 Å². The second-order valence-corrected chi connectivity index (χ2v) is 21.0. The number of unbranched alkanes of at least 4 members (excludes halogenated alkanes) is 2. The number of fused-ring (bicyclic) bond motifs is 1. The zero-order valence-electron chi connectivity index (χ0n) is 34.3. The third-order valence-corrected chi connectivity index (χ3v) is 17.0. The molecule has 0 radical (unpaired) electrons. The Balaban J connectivity index is 1.39. The number of aliphatic hydroxyl groups is 3. The first kappa shape index (κ1) is 43.7. The van der Waals surface area contributed by atoms with Crippen molar-refractivity contribution < 1.29 is 43.7 Å². The Hall–Kier alpha value is -4.91. The van der Waals surface area contributed by atoms with Crippen molar-refractivity contribution in [1.29, 1.82) is 0 Å². The van der Waals surface area contributed by atoms with Gasteiger partial charge in [0.25, 0.3) is 8.32 Å². The van der Waals surface area contributed by atoms with Crippen LogP contribution in [0.4, 0.5) is 0 Å². The van der Waals surface area contributed by atoms with Gasteiger partial charge in [-0.25, -0.2) is 0 Å². The molecule has 0 spiro atoms. The summed E-state index contributed by atoms with van der Waals surface area (Å²) in [5.41, 5.74) is 3.09. The van der Waals surface area contributed by atoms with Gasteiger partial charge in [0.1, 0.15) is 18.1 Å². The molecule has 2 amide bonds. The number of carboxylic acids is 1. The molecule has 4 atom stereocenters. The maximum Gasteiger partial charge on any atom is 0.303 e. The summed E-state index contributed by atoms with van der Waals surface area (Å²) in [6, 6.07) is 33.7. The van der Waals surface area contributed by atoms with Crippen molar-refractivity contribution in [2.24, 2.45) is 17.8 Å². The molecule has 0 bridgehead atoms. The summed E-state index contributed by atoms with van der Waals surface area (Å²) >= 11 is 0. The average Bonchev–Trinajstić information content (AvgIpc) is 3.79. The van der Waals surface area contributed by atoms with Gasteiger partial charge in [-0.15, -0.1) is 0 Å². The minimum Gasteiger partial charge on any atom is -0.481 e. The van der Waals surface area contributed by atoms with Gasteiger partial charge in [-0.1, -0.05) is 118 Å². The zero-order chi connectivity index (χ0) is 42.2. The number of carbonyl (C=O) groups excluding carboxylic acids is 2. The van der Waals surface area contributed by atoms with Crippen molar-refractivity contribution in [3.8, 4) is 0 Å². The Morgan fingerprint density at radius 2 is 1.49 bits per heavy atom. The van der Waals surface area contributed by atoms with Gasteiger partial charge in [0.05, 0.1) is 31.2 Å². The molecule has 59 heavy (non-hydrogen) atoms. The topological polar surface area (TPSA) is 158 Å². The van der Waals surface area contributed by atoms with Gasteiger partial charge >= 0.3 is 5.97 Å². The standard InChI is InChI=1S/C48H57NO9Si/c1-48(2,3)59(38-18-10-5-11-19-38,39-20-12-6-13-21-39)57-32-35-29-40-45(47(56)49(46(40)55)27-15-7-14-22-43(53)54)41(31-51)44(35)42(52)26-23-34(33-16-8-4-9-17-33)28-36-24-25-37(30-50)58-36/h4-6,8-13,16-21,24-25,28,40-42,45,50-52H,7,14-15,22-23,26-27,29-32H2,1-3H3,(H,53,54)/b34-28-/t40-,41+,42-,45-/m1/s1. The summed E-state index contributed by atoms with van der Waals surface area (Å²) < 4.78 is 13.2. The molecule has 4 aromatic rings. The van der Waals surface area contributed by atoms with Crippen LogP contribution in [0.25, 0.3) is 11.6 Å². The van der Waals surface area contributed by atoms with Crippen LogP contribution in [-0.4, -0.2) is 77.3 Å². The normalized spacial score (nSPS) is 19.3. The molecular formula is C48H57NO9Si. The van der Waals surface area contributed by atoms with Crippen LogP contribution in [0.15, 0.2) is 119 Å². The number of rotatable bonds is 19. The van der Waals surface area contributed by atoms with Gasteiger partial charge in [0, 0.05) is 18.9 Å². The first-order chi connectivity index (χ1) is 28.4. The monoisotopic (exact) mass is 819 g/mol. The van der Waals surface area contributed by atoms with Crippen molar-refractivity contribution in [2.45, 2.75) is 83.5 Å². The van der Waals surface area contributed by atoms with Crippen LogP contribution in [0.5, 0.6) is 0 Å². The number of imide groups is 1. The summed E-state index contributed by atoms with van der Waals surface area (Å²) in [6.07, 6.45) is 3.16. The SMILES string of the molecule is CC(C)(C)[Si](OCC1=C([C@H](O)CC/C(=C/c2ccc(CO)o2)c2ccccc2)[C@H](CO)[C@@H]2C(=O)N(CCCCCC(=O)O)C(=O)[C@@H]2C1)(c1ccccc1)c1ccccc1. The zero-order valence-corrected chi connectivity index (χ0v) is 35.3. The molecule has 1 saturated heterocycles. The minimum absolute atomic E-state index is 0.0198. The van der Waals surface area contributed by atoms with E-state index < -0.39 is 44.8 Å². The fraction of sp³-hybridized carbons (Fsp3) is 0.396. The fourth-order valence-electron chi connectivity index (χ4n) is 9.19.